The largest absolute Gasteiger partial charge is 0.382 e. The average Bonchev–Trinajstić information content (AvgIpc) is 2.99. The van der Waals surface area contributed by atoms with E-state index in [1.165, 1.54) is 23.0 Å². The second-order valence-corrected chi connectivity index (χ2v) is 6.49. The zero-order valence-electron chi connectivity index (χ0n) is 10.5. The Balaban J connectivity index is 2.01. The second kappa shape index (κ2) is 4.51. The van der Waals surface area contributed by atoms with Gasteiger partial charge in [-0.2, -0.15) is 4.37 Å². The number of hydrogen-bond acceptors (Lipinski definition) is 6. The smallest absolute Gasteiger partial charge is 0.149 e. The van der Waals surface area contributed by atoms with Gasteiger partial charge in [0.05, 0.1) is 5.56 Å². The van der Waals surface area contributed by atoms with Gasteiger partial charge in [0.2, 0.25) is 0 Å². The average molecular weight is 280 g/mol. The van der Waals surface area contributed by atoms with Crippen molar-refractivity contribution in [3.8, 4) is 10.6 Å². The van der Waals surface area contributed by atoms with Crippen LogP contribution >= 0.6 is 22.9 Å². The molecule has 2 aromatic heterocycles. The van der Waals surface area contributed by atoms with Gasteiger partial charge in [0.1, 0.15) is 15.8 Å². The van der Waals surface area contributed by atoms with Crippen LogP contribution < -0.4 is 10.6 Å². The fraction of sp³-hybridized carbons (Fsp3) is 0.500. The Hall–Kier alpha value is -1.14. The number of thiazole rings is 1. The molecule has 1 fully saturated rings. The van der Waals surface area contributed by atoms with E-state index in [1.54, 1.807) is 11.3 Å². The molecule has 18 heavy (non-hydrogen) atoms. The van der Waals surface area contributed by atoms with Crippen LogP contribution in [-0.2, 0) is 0 Å². The molecular formula is C12H16N4S2. The molecule has 1 atom stereocenters. The van der Waals surface area contributed by atoms with Gasteiger partial charge in [-0.15, -0.1) is 11.3 Å². The summed E-state index contributed by atoms with van der Waals surface area (Å²) in [5, 5.41) is 4.24. The minimum absolute atomic E-state index is 0.615. The van der Waals surface area contributed by atoms with Crippen LogP contribution in [0, 0.1) is 12.8 Å². The van der Waals surface area contributed by atoms with Crippen LogP contribution in [0.1, 0.15) is 19.0 Å². The molecule has 3 heterocycles. The third-order valence-electron chi connectivity index (χ3n) is 3.24. The van der Waals surface area contributed by atoms with Gasteiger partial charge in [0.25, 0.3) is 0 Å². The van der Waals surface area contributed by atoms with E-state index in [4.69, 9.17) is 5.73 Å². The third-order valence-corrected chi connectivity index (χ3v) is 5.15. The van der Waals surface area contributed by atoms with Crippen LogP contribution in [0.3, 0.4) is 0 Å². The highest BCUT2D eigenvalue weighted by molar-refractivity contribution is 7.15. The predicted molar refractivity (Wildman–Crippen MR) is 78.4 cm³/mol. The summed E-state index contributed by atoms with van der Waals surface area (Å²) in [6, 6.07) is 0. The van der Waals surface area contributed by atoms with Gasteiger partial charge >= 0.3 is 0 Å². The molecule has 1 aliphatic heterocycles. The lowest BCUT2D eigenvalue weighted by atomic mass is 10.2. The van der Waals surface area contributed by atoms with E-state index >= 15 is 0 Å². The first kappa shape index (κ1) is 11.9. The highest BCUT2D eigenvalue weighted by Crippen LogP contribution is 2.42. The van der Waals surface area contributed by atoms with Gasteiger partial charge < -0.3 is 10.6 Å². The van der Waals surface area contributed by atoms with E-state index in [1.807, 2.05) is 6.92 Å². The van der Waals surface area contributed by atoms with Crippen LogP contribution in [0.25, 0.3) is 10.6 Å². The van der Waals surface area contributed by atoms with Gasteiger partial charge in [-0.3, -0.25) is 0 Å². The molecule has 0 saturated carbocycles. The van der Waals surface area contributed by atoms with Crippen molar-refractivity contribution >= 4 is 33.7 Å². The Kier molecular flexibility index (Phi) is 2.99. The molecule has 0 radical (unpaired) electrons. The molecule has 0 aliphatic carbocycles. The lowest BCUT2D eigenvalue weighted by Crippen LogP contribution is -2.18. The van der Waals surface area contributed by atoms with Gasteiger partial charge in [-0.25, -0.2) is 4.98 Å². The topological polar surface area (TPSA) is 55.0 Å². The zero-order chi connectivity index (χ0) is 12.7. The van der Waals surface area contributed by atoms with E-state index in [2.05, 4.69) is 26.6 Å². The predicted octanol–water partition coefficient (Wildman–Crippen LogP) is 3.00. The molecule has 0 spiro atoms. The van der Waals surface area contributed by atoms with Crippen molar-refractivity contribution in [3.63, 3.8) is 0 Å². The standard InChI is InChI=1S/C12H16N4S2/c1-7-3-4-16(5-7)12-9(10(13)15-18-12)11-14-8(2)6-17-11/h6-7H,3-5H2,1-2H3,(H2,13,15). The Morgan fingerprint density at radius 3 is 2.94 bits per heavy atom. The number of rotatable bonds is 2. The van der Waals surface area contributed by atoms with Crippen molar-refractivity contribution in [1.29, 1.82) is 0 Å². The first-order valence-electron chi connectivity index (χ1n) is 6.07. The van der Waals surface area contributed by atoms with Crippen molar-refractivity contribution in [2.24, 2.45) is 5.92 Å². The Labute approximate surface area is 115 Å². The van der Waals surface area contributed by atoms with Crippen LogP contribution in [-0.4, -0.2) is 22.4 Å². The summed E-state index contributed by atoms with van der Waals surface area (Å²) in [4.78, 5) is 6.94. The molecule has 0 amide bonds. The maximum atomic E-state index is 6.02. The highest BCUT2D eigenvalue weighted by atomic mass is 32.1. The number of nitrogens with two attached hydrogens (primary N) is 1. The molecule has 1 unspecified atom stereocenters. The minimum atomic E-state index is 0.615. The Morgan fingerprint density at radius 2 is 2.33 bits per heavy atom. The van der Waals surface area contributed by atoms with Crippen LogP contribution in [0.2, 0.25) is 0 Å². The molecule has 0 aromatic carbocycles. The summed E-state index contributed by atoms with van der Waals surface area (Å²) in [6.07, 6.45) is 1.24. The first-order valence-corrected chi connectivity index (χ1v) is 7.73. The monoisotopic (exact) mass is 280 g/mol. The molecule has 1 saturated heterocycles. The van der Waals surface area contributed by atoms with E-state index in [9.17, 15) is 0 Å². The first-order chi connectivity index (χ1) is 8.65. The van der Waals surface area contributed by atoms with Crippen molar-refractivity contribution in [2.45, 2.75) is 20.3 Å². The summed E-state index contributed by atoms with van der Waals surface area (Å²) >= 11 is 3.14. The normalized spacial score (nSPS) is 19.7. The molecule has 1 aliphatic rings. The van der Waals surface area contributed by atoms with Crippen molar-refractivity contribution < 1.29 is 0 Å². The fourth-order valence-electron chi connectivity index (χ4n) is 2.30. The summed E-state index contributed by atoms with van der Waals surface area (Å²) < 4.78 is 4.32. The minimum Gasteiger partial charge on any atom is -0.382 e. The molecule has 2 N–H and O–H groups in total. The number of aromatic nitrogens is 2. The molecular weight excluding hydrogens is 264 g/mol. The highest BCUT2D eigenvalue weighted by Gasteiger charge is 2.26. The van der Waals surface area contributed by atoms with Gasteiger partial charge in [-0.05, 0) is 30.8 Å². The lowest BCUT2D eigenvalue weighted by molar-refractivity contribution is 0.660. The SMILES string of the molecule is Cc1csc(-c2c(N)nsc2N2CCC(C)C2)n1. The van der Waals surface area contributed by atoms with Crippen LogP contribution in [0.4, 0.5) is 10.8 Å². The van der Waals surface area contributed by atoms with Crippen molar-refractivity contribution in [3.05, 3.63) is 11.1 Å². The molecule has 96 valence electrons. The molecule has 6 heteroatoms. The second-order valence-electron chi connectivity index (χ2n) is 4.88. The number of anilines is 2. The van der Waals surface area contributed by atoms with E-state index in [0.29, 0.717) is 5.82 Å². The summed E-state index contributed by atoms with van der Waals surface area (Å²) in [5.41, 5.74) is 8.10. The summed E-state index contributed by atoms with van der Waals surface area (Å²) in [5.74, 6) is 1.36. The van der Waals surface area contributed by atoms with Gasteiger partial charge in [0, 0.05) is 24.2 Å². The fourth-order valence-corrected chi connectivity index (χ4v) is 4.06. The molecule has 0 bridgehead atoms. The maximum absolute atomic E-state index is 6.02. The zero-order valence-corrected chi connectivity index (χ0v) is 12.1. The lowest BCUT2D eigenvalue weighted by Gasteiger charge is -2.16. The van der Waals surface area contributed by atoms with Gasteiger partial charge in [-0.1, -0.05) is 6.92 Å². The molecule has 4 nitrogen and oxygen atoms in total. The quantitative estimate of drug-likeness (QED) is 0.918. The van der Waals surface area contributed by atoms with E-state index < -0.39 is 0 Å². The van der Waals surface area contributed by atoms with E-state index in [0.717, 1.165) is 35.3 Å². The summed E-state index contributed by atoms with van der Waals surface area (Å²) in [7, 11) is 0. The number of nitrogen functional groups attached to an aromatic ring is 1. The van der Waals surface area contributed by atoms with Crippen LogP contribution in [0.15, 0.2) is 5.38 Å². The summed E-state index contributed by atoms with van der Waals surface area (Å²) in [6.45, 7) is 6.49. The maximum Gasteiger partial charge on any atom is 0.149 e. The van der Waals surface area contributed by atoms with E-state index in [-0.39, 0.29) is 0 Å². The Morgan fingerprint density at radius 1 is 1.50 bits per heavy atom. The van der Waals surface area contributed by atoms with Crippen molar-refractivity contribution in [2.75, 3.05) is 23.7 Å². The number of aryl methyl sites for hydroxylation is 1. The molecule has 2 aromatic rings. The number of nitrogens with zero attached hydrogens (tertiary/aromatic N) is 3. The van der Waals surface area contributed by atoms with Crippen LogP contribution in [0.5, 0.6) is 0 Å². The number of hydrogen-bond donors (Lipinski definition) is 1. The Bertz CT molecular complexity index is 560. The molecule has 3 rings (SSSR count). The third kappa shape index (κ3) is 1.99. The van der Waals surface area contributed by atoms with Gasteiger partial charge in [0.15, 0.2) is 0 Å². The van der Waals surface area contributed by atoms with Crippen molar-refractivity contribution in [1.82, 2.24) is 9.36 Å².